The van der Waals surface area contributed by atoms with E-state index in [0.717, 1.165) is 139 Å². The van der Waals surface area contributed by atoms with Gasteiger partial charge in [0.25, 0.3) is 0 Å². The Labute approximate surface area is 478 Å². The van der Waals surface area contributed by atoms with Crippen LogP contribution in [0.25, 0.3) is 145 Å². The predicted octanol–water partition coefficient (Wildman–Crippen LogP) is 19.5. The zero-order valence-electron chi connectivity index (χ0n) is 43.1. The van der Waals surface area contributed by atoms with Crippen LogP contribution in [0.1, 0.15) is 0 Å². The van der Waals surface area contributed by atoms with Gasteiger partial charge in [0.15, 0.2) is 0 Å². The summed E-state index contributed by atoms with van der Waals surface area (Å²) in [5, 5.41) is 1.97. The van der Waals surface area contributed by atoms with Gasteiger partial charge in [-0.3, -0.25) is 4.98 Å². The molecule has 0 saturated carbocycles. The molecule has 0 aliphatic rings. The first-order chi connectivity index (χ1) is 39.1. The molecule has 0 bridgehead atoms. The van der Waals surface area contributed by atoms with E-state index in [-0.39, 0.29) is 20.1 Å². The van der Waals surface area contributed by atoms with Crippen LogP contribution in [0, 0.1) is 18.2 Å². The van der Waals surface area contributed by atoms with Crippen molar-refractivity contribution >= 4 is 21.9 Å². The Balaban J connectivity index is 0.00000605. The number of benzene rings is 10. The van der Waals surface area contributed by atoms with Crippen molar-refractivity contribution in [3.63, 3.8) is 0 Å². The third-order valence-corrected chi connectivity index (χ3v) is 14.8. The minimum absolute atomic E-state index is 0. The number of rotatable bonds is 11. The number of nitrogens with zero attached hydrogens (tertiary/aromatic N) is 3. The minimum Gasteiger partial charge on any atom is -0.500 e. The molecule has 0 amide bonds. The second-order valence-electron chi connectivity index (χ2n) is 19.6. The zero-order valence-corrected chi connectivity index (χ0v) is 45.5. The van der Waals surface area contributed by atoms with Crippen molar-refractivity contribution in [3.8, 4) is 123 Å². The zero-order chi connectivity index (χ0) is 52.5. The molecule has 14 rings (SSSR count). The van der Waals surface area contributed by atoms with Crippen LogP contribution in [-0.2, 0) is 20.1 Å². The van der Waals surface area contributed by atoms with Gasteiger partial charge in [-0.25, -0.2) is 0 Å². The second kappa shape index (κ2) is 21.9. The molecule has 80 heavy (non-hydrogen) atoms. The molecule has 0 saturated heterocycles. The van der Waals surface area contributed by atoms with E-state index in [9.17, 15) is 0 Å². The maximum absolute atomic E-state index is 6.23. The number of aromatic nitrogens is 3. The Bertz CT molecular complexity index is 4360. The van der Waals surface area contributed by atoms with E-state index in [2.05, 4.69) is 206 Å². The predicted molar refractivity (Wildman–Crippen MR) is 323 cm³/mol. The van der Waals surface area contributed by atoms with Crippen LogP contribution in [0.2, 0.25) is 0 Å². The van der Waals surface area contributed by atoms with Crippen LogP contribution < -0.4 is 0 Å². The number of furan rings is 1. The number of hydrogen-bond acceptors (Lipinski definition) is 4. The summed E-state index contributed by atoms with van der Waals surface area (Å²) < 4.78 is 6.23. The van der Waals surface area contributed by atoms with Crippen LogP contribution in [0.15, 0.2) is 284 Å². The number of pyridine rings is 3. The van der Waals surface area contributed by atoms with Crippen LogP contribution in [-0.4, -0.2) is 15.0 Å². The third kappa shape index (κ3) is 9.67. The minimum atomic E-state index is 0. The van der Waals surface area contributed by atoms with Gasteiger partial charge < -0.3 is 14.4 Å². The van der Waals surface area contributed by atoms with Gasteiger partial charge >= 0.3 is 20.1 Å². The Morgan fingerprint density at radius 2 is 0.738 bits per heavy atom. The average molecular weight is 1200 g/mol. The first kappa shape index (κ1) is 49.7. The summed E-state index contributed by atoms with van der Waals surface area (Å²) in [5.41, 5.74) is 24.2. The third-order valence-electron chi connectivity index (χ3n) is 14.8. The fourth-order valence-corrected chi connectivity index (χ4v) is 10.9. The summed E-state index contributed by atoms with van der Waals surface area (Å²) in [4.78, 5) is 15.2. The maximum atomic E-state index is 6.23. The molecule has 0 N–H and O–H groups in total. The van der Waals surface area contributed by atoms with Gasteiger partial charge in [0.2, 0.25) is 0 Å². The summed E-state index contributed by atoms with van der Waals surface area (Å²) in [6, 6.07) is 102. The fourth-order valence-electron chi connectivity index (χ4n) is 10.9. The fraction of sp³-hybridized carbons (Fsp3) is 0. The number of para-hydroxylation sites is 1. The summed E-state index contributed by atoms with van der Waals surface area (Å²) in [6.45, 7) is 0. The molecule has 376 valence electrons. The van der Waals surface area contributed by atoms with Crippen LogP contribution in [0.4, 0.5) is 0 Å². The van der Waals surface area contributed by atoms with Crippen LogP contribution in [0.3, 0.4) is 0 Å². The number of fused-ring (bicyclic) bond motifs is 3. The van der Waals surface area contributed by atoms with Gasteiger partial charge in [-0.15, -0.1) is 83.9 Å². The van der Waals surface area contributed by atoms with Crippen molar-refractivity contribution in [2.24, 2.45) is 0 Å². The van der Waals surface area contributed by atoms with Gasteiger partial charge in [-0.2, -0.15) is 0 Å². The smallest absolute Gasteiger partial charge is 0.500 e. The normalized spacial score (nSPS) is 11.2. The van der Waals surface area contributed by atoms with Crippen molar-refractivity contribution in [3.05, 3.63) is 298 Å². The Morgan fingerprint density at radius 3 is 1.29 bits per heavy atom. The average Bonchev–Trinajstić information content (AvgIpc) is 3.98. The van der Waals surface area contributed by atoms with E-state index >= 15 is 0 Å². The van der Waals surface area contributed by atoms with Crippen LogP contribution >= 0.6 is 0 Å². The first-order valence-electron chi connectivity index (χ1n) is 26.5. The van der Waals surface area contributed by atoms with Gasteiger partial charge in [0.1, 0.15) is 0 Å². The molecular formula is C75H46IrN3O. The molecule has 4 aromatic heterocycles. The van der Waals surface area contributed by atoms with E-state index < -0.39 is 0 Å². The van der Waals surface area contributed by atoms with Crippen molar-refractivity contribution < 1.29 is 24.5 Å². The Kier molecular flexibility index (Phi) is 13.6. The van der Waals surface area contributed by atoms with Crippen molar-refractivity contribution in [2.75, 3.05) is 0 Å². The number of hydrogen-bond donors (Lipinski definition) is 0. The largest absolute Gasteiger partial charge is 3.00 e. The van der Waals surface area contributed by atoms with Crippen molar-refractivity contribution in [1.82, 2.24) is 15.0 Å². The maximum Gasteiger partial charge on any atom is 3.00 e. The van der Waals surface area contributed by atoms with E-state index in [1.165, 1.54) is 5.56 Å². The second-order valence-corrected chi connectivity index (χ2v) is 19.6. The Morgan fingerprint density at radius 1 is 0.275 bits per heavy atom. The molecule has 0 atom stereocenters. The molecule has 10 aromatic carbocycles. The summed E-state index contributed by atoms with van der Waals surface area (Å²) in [5.74, 6) is 0. The summed E-state index contributed by atoms with van der Waals surface area (Å²) in [7, 11) is 0. The first-order valence-corrected chi connectivity index (χ1v) is 26.5. The monoisotopic (exact) mass is 1200 g/mol. The molecule has 0 spiro atoms. The molecule has 5 heteroatoms. The molecule has 0 fully saturated rings. The van der Waals surface area contributed by atoms with Gasteiger partial charge in [-0.05, 0) is 124 Å². The molecule has 0 aliphatic carbocycles. The molecular weight excluding hydrogens is 1150 g/mol. The SMILES string of the molecule is [Ir+3].[c-]1ccccc1-c1ccc(-c2ccccc2-c2cc(-c3ccccc3-c3ccc(-c4[c-]cccc4)nc3)cc(-c3ccccc3-c3cnc(-c4[c-]c5c(cc4)oc4ccccc45)cc3-c3ccc(-c4ccccc4)cc3)c2)cn1. The molecule has 4 heterocycles. The van der Waals surface area contributed by atoms with E-state index in [1.807, 2.05) is 91.4 Å². The quantitative estimate of drug-likeness (QED) is 0.121. The molecule has 14 aromatic rings. The Hall–Kier alpha value is -9.90. The van der Waals surface area contributed by atoms with Gasteiger partial charge in [0.05, 0.1) is 11.2 Å². The topological polar surface area (TPSA) is 51.8 Å². The summed E-state index contributed by atoms with van der Waals surface area (Å²) >= 11 is 0. The molecule has 0 aliphatic heterocycles. The summed E-state index contributed by atoms with van der Waals surface area (Å²) in [6.07, 6.45) is 6.00. The molecule has 0 unspecified atom stereocenters. The standard InChI is InChI=1S/C75H46N3O.Ir/c1-4-18-50(19-5-1)51-32-34-52(35-33-51)68-46-73(55-38-41-75-69(45-55)67-30-16-17-31-74(67)79-75)78-49-70(68)66-29-15-14-28-65(66)60-43-58(63-26-12-10-24-61(63)56-36-39-71(76-47-56)53-20-6-2-7-21-53)42-59(44-60)64-27-13-11-25-62(64)57-37-40-72(77-48-57)54-22-8-3-9-23-54;/h1-20,22,24-44,46-49H;/q-3;+3. The molecule has 0 radical (unpaired) electrons. The van der Waals surface area contributed by atoms with Crippen molar-refractivity contribution in [2.45, 2.75) is 0 Å². The van der Waals surface area contributed by atoms with Gasteiger partial charge in [0, 0.05) is 29.8 Å². The van der Waals surface area contributed by atoms with E-state index in [1.54, 1.807) is 0 Å². The van der Waals surface area contributed by atoms with Crippen LogP contribution in [0.5, 0.6) is 0 Å². The molecule has 4 nitrogen and oxygen atoms in total. The van der Waals surface area contributed by atoms with Gasteiger partial charge in [-0.1, -0.05) is 193 Å². The van der Waals surface area contributed by atoms with Crippen molar-refractivity contribution in [1.29, 1.82) is 0 Å². The van der Waals surface area contributed by atoms with E-state index in [4.69, 9.17) is 19.4 Å². The van der Waals surface area contributed by atoms with E-state index in [0.29, 0.717) is 0 Å².